The highest BCUT2D eigenvalue weighted by molar-refractivity contribution is 7.99. The minimum Gasteiger partial charge on any atom is -0.497 e. The molecule has 0 bridgehead atoms. The third-order valence-corrected chi connectivity index (χ3v) is 5.21. The second-order valence-corrected chi connectivity index (χ2v) is 7.37. The number of benzene rings is 2. The molecule has 0 aliphatic rings. The number of nitrogens with one attached hydrogen (secondary N) is 1. The van der Waals surface area contributed by atoms with E-state index in [4.69, 9.17) is 4.74 Å². The Kier molecular flexibility index (Phi) is 6.35. The van der Waals surface area contributed by atoms with E-state index >= 15 is 0 Å². The summed E-state index contributed by atoms with van der Waals surface area (Å²) < 4.78 is 46.1. The number of rotatable bonds is 6. The highest BCUT2D eigenvalue weighted by Crippen LogP contribution is 2.33. The molecule has 6 nitrogen and oxygen atoms in total. The van der Waals surface area contributed by atoms with Gasteiger partial charge in [-0.15, -0.1) is 10.2 Å². The molecule has 30 heavy (non-hydrogen) atoms. The molecule has 0 saturated heterocycles. The van der Waals surface area contributed by atoms with Crippen molar-refractivity contribution in [1.29, 1.82) is 0 Å². The molecule has 1 amide bonds. The molecule has 2 aromatic carbocycles. The average Bonchev–Trinajstić information content (AvgIpc) is 3.07. The first-order chi connectivity index (χ1) is 14.2. The van der Waals surface area contributed by atoms with Crippen LogP contribution in [0.3, 0.4) is 0 Å². The van der Waals surface area contributed by atoms with Gasteiger partial charge in [0.05, 0.1) is 18.4 Å². The van der Waals surface area contributed by atoms with E-state index in [0.29, 0.717) is 16.7 Å². The molecule has 1 aromatic heterocycles. The van der Waals surface area contributed by atoms with Gasteiger partial charge in [0, 0.05) is 11.4 Å². The van der Waals surface area contributed by atoms with Crippen molar-refractivity contribution in [3.05, 3.63) is 59.4 Å². The summed E-state index contributed by atoms with van der Waals surface area (Å²) >= 11 is 1.14. The van der Waals surface area contributed by atoms with Gasteiger partial charge >= 0.3 is 6.18 Å². The number of methoxy groups -OCH3 is 1. The maximum Gasteiger partial charge on any atom is 0.416 e. The lowest BCUT2D eigenvalue weighted by atomic mass is 10.1. The normalized spacial score (nSPS) is 11.4. The molecule has 0 saturated carbocycles. The van der Waals surface area contributed by atoms with Crippen molar-refractivity contribution in [3.63, 3.8) is 0 Å². The molecule has 0 aliphatic heterocycles. The van der Waals surface area contributed by atoms with Crippen molar-refractivity contribution < 1.29 is 22.7 Å². The summed E-state index contributed by atoms with van der Waals surface area (Å²) in [4.78, 5) is 12.3. The minimum atomic E-state index is -4.48. The van der Waals surface area contributed by atoms with Crippen LogP contribution in [-0.4, -0.2) is 33.5 Å². The number of thioether (sulfide) groups is 1. The highest BCUT2D eigenvalue weighted by Gasteiger charge is 2.32. The maximum atomic E-state index is 13.0. The van der Waals surface area contributed by atoms with Gasteiger partial charge in [0.25, 0.3) is 0 Å². The molecule has 3 aromatic rings. The van der Waals surface area contributed by atoms with Gasteiger partial charge in [-0.05, 0) is 55.8 Å². The van der Waals surface area contributed by atoms with E-state index in [0.717, 1.165) is 23.5 Å². The topological polar surface area (TPSA) is 69.0 Å². The van der Waals surface area contributed by atoms with Gasteiger partial charge in [-0.3, -0.25) is 9.36 Å². The molecule has 3 rings (SSSR count). The Hall–Kier alpha value is -3.01. The van der Waals surface area contributed by atoms with Crippen LogP contribution in [0.5, 0.6) is 5.75 Å². The predicted molar refractivity (Wildman–Crippen MR) is 108 cm³/mol. The van der Waals surface area contributed by atoms with E-state index in [1.165, 1.54) is 19.1 Å². The van der Waals surface area contributed by atoms with Gasteiger partial charge in [0.2, 0.25) is 5.91 Å². The standard InChI is InChI=1S/C20H19F3N4O2S/c1-12-4-5-14(10-17(12)20(21,22)23)24-18(28)11-30-19-26-25-13(2)27(19)15-6-8-16(29-3)9-7-15/h4-10H,11H2,1-3H3,(H,24,28). The second kappa shape index (κ2) is 8.78. The Labute approximate surface area is 175 Å². The van der Waals surface area contributed by atoms with Gasteiger partial charge in [-0.2, -0.15) is 13.2 Å². The molecular weight excluding hydrogens is 417 g/mol. The largest absolute Gasteiger partial charge is 0.497 e. The predicted octanol–water partition coefficient (Wildman–Crippen LogP) is 4.64. The molecule has 0 aliphatic carbocycles. The Morgan fingerprint density at radius 2 is 1.83 bits per heavy atom. The third kappa shape index (κ3) is 4.93. The summed E-state index contributed by atoms with van der Waals surface area (Å²) in [6.07, 6.45) is -4.48. The van der Waals surface area contributed by atoms with Crippen molar-refractivity contribution in [1.82, 2.24) is 14.8 Å². The third-order valence-electron chi connectivity index (χ3n) is 4.28. The number of hydrogen-bond acceptors (Lipinski definition) is 5. The number of aryl methyl sites for hydroxylation is 2. The Bertz CT molecular complexity index is 1050. The molecule has 1 N–H and O–H groups in total. The van der Waals surface area contributed by atoms with E-state index < -0.39 is 17.6 Å². The number of carbonyl (C=O) groups is 1. The van der Waals surface area contributed by atoms with Crippen molar-refractivity contribution in [2.24, 2.45) is 0 Å². The Morgan fingerprint density at radius 1 is 1.13 bits per heavy atom. The van der Waals surface area contributed by atoms with Crippen LogP contribution < -0.4 is 10.1 Å². The molecule has 1 heterocycles. The van der Waals surface area contributed by atoms with Crippen LogP contribution in [0.15, 0.2) is 47.6 Å². The van der Waals surface area contributed by atoms with Crippen LogP contribution >= 0.6 is 11.8 Å². The molecule has 0 unspecified atom stereocenters. The molecule has 10 heteroatoms. The maximum absolute atomic E-state index is 13.0. The summed E-state index contributed by atoms with van der Waals surface area (Å²) in [7, 11) is 1.57. The SMILES string of the molecule is COc1ccc(-n2c(C)nnc2SCC(=O)Nc2ccc(C)c(C(F)(F)F)c2)cc1. The van der Waals surface area contributed by atoms with Gasteiger partial charge in [-0.1, -0.05) is 17.8 Å². The monoisotopic (exact) mass is 436 g/mol. The zero-order chi connectivity index (χ0) is 21.9. The fourth-order valence-electron chi connectivity index (χ4n) is 2.80. The summed E-state index contributed by atoms with van der Waals surface area (Å²) in [6, 6.07) is 11.0. The zero-order valence-corrected chi connectivity index (χ0v) is 17.3. The molecule has 0 spiro atoms. The fourth-order valence-corrected chi connectivity index (χ4v) is 3.59. The number of alkyl halides is 3. The number of aromatic nitrogens is 3. The van der Waals surface area contributed by atoms with Crippen LogP contribution in [0.2, 0.25) is 0 Å². The van der Waals surface area contributed by atoms with E-state index in [1.807, 2.05) is 12.1 Å². The van der Waals surface area contributed by atoms with Crippen LogP contribution in [0.1, 0.15) is 17.0 Å². The van der Waals surface area contributed by atoms with Crippen LogP contribution in [0, 0.1) is 13.8 Å². The van der Waals surface area contributed by atoms with Gasteiger partial charge in [-0.25, -0.2) is 0 Å². The second-order valence-electron chi connectivity index (χ2n) is 6.43. The van der Waals surface area contributed by atoms with E-state index in [-0.39, 0.29) is 17.0 Å². The Morgan fingerprint density at radius 3 is 2.47 bits per heavy atom. The zero-order valence-electron chi connectivity index (χ0n) is 16.4. The fraction of sp³-hybridized carbons (Fsp3) is 0.250. The summed E-state index contributed by atoms with van der Waals surface area (Å²) in [5.74, 6) is 0.855. The number of anilines is 1. The van der Waals surface area contributed by atoms with E-state index in [1.54, 1.807) is 30.7 Å². The molecule has 0 radical (unpaired) electrons. The Balaban J connectivity index is 1.70. The molecule has 0 atom stereocenters. The van der Waals surface area contributed by atoms with Gasteiger partial charge in [0.1, 0.15) is 11.6 Å². The smallest absolute Gasteiger partial charge is 0.416 e. The lowest BCUT2D eigenvalue weighted by molar-refractivity contribution is -0.138. The number of nitrogens with zero attached hydrogens (tertiary/aromatic N) is 3. The number of amides is 1. The van der Waals surface area contributed by atoms with Crippen molar-refractivity contribution >= 4 is 23.4 Å². The van der Waals surface area contributed by atoms with Crippen LogP contribution in [-0.2, 0) is 11.0 Å². The van der Waals surface area contributed by atoms with Crippen molar-refractivity contribution in [2.75, 3.05) is 18.2 Å². The quantitative estimate of drug-likeness (QED) is 0.570. The first kappa shape index (κ1) is 21.7. The highest BCUT2D eigenvalue weighted by atomic mass is 32.2. The number of ether oxygens (including phenoxy) is 1. The van der Waals surface area contributed by atoms with E-state index in [9.17, 15) is 18.0 Å². The molecule has 0 fully saturated rings. The number of carbonyl (C=O) groups excluding carboxylic acids is 1. The van der Waals surface area contributed by atoms with E-state index in [2.05, 4.69) is 15.5 Å². The first-order valence-corrected chi connectivity index (χ1v) is 9.84. The average molecular weight is 436 g/mol. The summed E-state index contributed by atoms with van der Waals surface area (Å²) in [5, 5.41) is 11.1. The number of hydrogen-bond donors (Lipinski definition) is 1. The summed E-state index contributed by atoms with van der Waals surface area (Å²) in [6.45, 7) is 3.16. The first-order valence-electron chi connectivity index (χ1n) is 8.86. The molecule has 158 valence electrons. The van der Waals surface area contributed by atoms with Gasteiger partial charge in [0.15, 0.2) is 5.16 Å². The summed E-state index contributed by atoms with van der Waals surface area (Å²) in [5.41, 5.74) is 0.210. The number of halogens is 3. The van der Waals surface area contributed by atoms with Crippen LogP contribution in [0.4, 0.5) is 18.9 Å². The lowest BCUT2D eigenvalue weighted by Gasteiger charge is -2.13. The van der Waals surface area contributed by atoms with Gasteiger partial charge < -0.3 is 10.1 Å². The van der Waals surface area contributed by atoms with Crippen molar-refractivity contribution in [2.45, 2.75) is 25.2 Å². The molecular formula is C20H19F3N4O2S. The minimum absolute atomic E-state index is 0.0382. The lowest BCUT2D eigenvalue weighted by Crippen LogP contribution is -2.16. The van der Waals surface area contributed by atoms with Crippen LogP contribution in [0.25, 0.3) is 5.69 Å². The van der Waals surface area contributed by atoms with Crippen molar-refractivity contribution in [3.8, 4) is 11.4 Å².